The molecular formula is C29H28N8O2S. The van der Waals surface area contributed by atoms with Crippen LogP contribution in [-0.4, -0.2) is 69.2 Å². The van der Waals surface area contributed by atoms with Gasteiger partial charge in [-0.15, -0.1) is 11.3 Å². The normalized spacial score (nSPS) is 13.9. The van der Waals surface area contributed by atoms with Crippen LogP contribution in [0.4, 0.5) is 22.2 Å². The van der Waals surface area contributed by atoms with Crippen molar-refractivity contribution in [2.75, 3.05) is 49.6 Å². The molecule has 11 heteroatoms. The van der Waals surface area contributed by atoms with Crippen LogP contribution in [0.1, 0.15) is 20.7 Å². The molecular weight excluding hydrogens is 524 g/mol. The van der Waals surface area contributed by atoms with Crippen molar-refractivity contribution in [3.05, 3.63) is 89.6 Å². The lowest BCUT2D eigenvalue weighted by atomic mass is 10.2. The summed E-state index contributed by atoms with van der Waals surface area (Å²) in [7, 11) is 2.07. The van der Waals surface area contributed by atoms with Crippen molar-refractivity contribution in [1.29, 1.82) is 0 Å². The fraction of sp³-hybridized carbons (Fsp3) is 0.172. The number of anilines is 4. The van der Waals surface area contributed by atoms with Crippen LogP contribution in [0.3, 0.4) is 0 Å². The topological polar surface area (TPSA) is 121 Å². The molecule has 1 aliphatic heterocycles. The number of hydrogen-bond acceptors (Lipinski definition) is 8. The first-order valence-corrected chi connectivity index (χ1v) is 13.8. The van der Waals surface area contributed by atoms with E-state index in [9.17, 15) is 9.59 Å². The number of benzene rings is 2. The van der Waals surface area contributed by atoms with Gasteiger partial charge in [0, 0.05) is 49.0 Å². The van der Waals surface area contributed by atoms with E-state index in [4.69, 9.17) is 10.7 Å². The van der Waals surface area contributed by atoms with Gasteiger partial charge in [0.05, 0.1) is 28.8 Å². The number of pyridine rings is 1. The minimum atomic E-state index is -0.237. The lowest BCUT2D eigenvalue weighted by molar-refractivity contribution is 0.0665. The molecule has 0 bridgehead atoms. The molecule has 3 aromatic heterocycles. The van der Waals surface area contributed by atoms with Crippen LogP contribution in [0.25, 0.3) is 17.0 Å². The van der Waals surface area contributed by atoms with E-state index in [0.29, 0.717) is 46.4 Å². The number of likely N-dealkylation sites (N-methyl/N-ethyl adjacent to an activating group) is 1. The molecule has 40 heavy (non-hydrogen) atoms. The fourth-order valence-electron chi connectivity index (χ4n) is 4.63. The van der Waals surface area contributed by atoms with E-state index in [1.165, 1.54) is 11.3 Å². The van der Waals surface area contributed by atoms with Crippen molar-refractivity contribution in [3.8, 4) is 11.4 Å². The summed E-state index contributed by atoms with van der Waals surface area (Å²) in [5.74, 6) is -0.236. The first-order valence-electron chi connectivity index (χ1n) is 12.9. The quantitative estimate of drug-likeness (QED) is 0.267. The number of nitrogens with one attached hydrogen (secondary N) is 2. The lowest BCUT2D eigenvalue weighted by Gasteiger charge is -2.32. The summed E-state index contributed by atoms with van der Waals surface area (Å²) in [6.07, 6.45) is 3.65. The zero-order chi connectivity index (χ0) is 27.6. The molecule has 4 N–H and O–H groups in total. The molecule has 1 saturated heterocycles. The van der Waals surface area contributed by atoms with Gasteiger partial charge in [0.25, 0.3) is 11.8 Å². The number of nitrogens with zero attached hydrogens (tertiary/aromatic N) is 5. The summed E-state index contributed by atoms with van der Waals surface area (Å²) in [6, 6.07) is 18.0. The number of piperazine rings is 1. The Balaban J connectivity index is 1.16. The maximum atomic E-state index is 13.2. The Kier molecular flexibility index (Phi) is 6.89. The van der Waals surface area contributed by atoms with Gasteiger partial charge in [-0.3, -0.25) is 14.0 Å². The number of aromatic nitrogens is 3. The highest BCUT2D eigenvalue weighted by atomic mass is 32.1. The van der Waals surface area contributed by atoms with E-state index in [0.717, 1.165) is 30.2 Å². The molecule has 0 saturated carbocycles. The minimum Gasteiger partial charge on any atom is -0.397 e. The highest BCUT2D eigenvalue weighted by Gasteiger charge is 2.23. The van der Waals surface area contributed by atoms with Crippen LogP contribution in [0.5, 0.6) is 0 Å². The summed E-state index contributed by atoms with van der Waals surface area (Å²) < 4.78 is 1.91. The maximum Gasteiger partial charge on any atom is 0.257 e. The van der Waals surface area contributed by atoms with Crippen LogP contribution in [-0.2, 0) is 0 Å². The Morgan fingerprint density at radius 3 is 2.52 bits per heavy atom. The second kappa shape index (κ2) is 10.8. The number of carbonyl (C=O) groups is 2. The Morgan fingerprint density at radius 1 is 0.975 bits per heavy atom. The standard InChI is InChI=1S/C29H28N8O2S/c1-35-13-15-36(16-14-35)28(39)21-5-4-12-37-25(17-31-26(21)37)24-18-40-29(34-24)32-20-10-8-19(9-11-20)27(38)33-23-7-3-2-6-22(23)30/h2-12,17-18H,13-16,30H2,1H3,(H,32,34)(H,33,38). The number of fused-ring (bicyclic) bond motifs is 1. The molecule has 2 amide bonds. The molecule has 6 rings (SSSR count). The van der Waals surface area contributed by atoms with Gasteiger partial charge in [0.1, 0.15) is 11.3 Å². The Morgan fingerprint density at radius 2 is 1.75 bits per heavy atom. The first-order chi connectivity index (χ1) is 19.5. The number of nitrogens with two attached hydrogens (primary N) is 1. The van der Waals surface area contributed by atoms with Crippen molar-refractivity contribution in [2.45, 2.75) is 0 Å². The zero-order valence-corrected chi connectivity index (χ0v) is 22.7. The molecule has 5 aromatic rings. The van der Waals surface area contributed by atoms with Crippen molar-refractivity contribution in [3.63, 3.8) is 0 Å². The number of para-hydroxylation sites is 2. The van der Waals surface area contributed by atoms with Crippen molar-refractivity contribution in [1.82, 2.24) is 24.2 Å². The van der Waals surface area contributed by atoms with E-state index in [1.807, 2.05) is 57.3 Å². The smallest absolute Gasteiger partial charge is 0.257 e. The second-order valence-electron chi connectivity index (χ2n) is 9.64. The Hall–Kier alpha value is -4.74. The largest absolute Gasteiger partial charge is 0.397 e. The third-order valence-corrected chi connectivity index (χ3v) is 7.69. The van der Waals surface area contributed by atoms with Gasteiger partial charge in [-0.1, -0.05) is 12.1 Å². The molecule has 0 unspecified atom stereocenters. The second-order valence-corrected chi connectivity index (χ2v) is 10.5. The monoisotopic (exact) mass is 552 g/mol. The van der Waals surface area contributed by atoms with E-state index in [-0.39, 0.29) is 11.8 Å². The van der Waals surface area contributed by atoms with E-state index < -0.39 is 0 Å². The van der Waals surface area contributed by atoms with Crippen LogP contribution < -0.4 is 16.4 Å². The van der Waals surface area contributed by atoms with Crippen LogP contribution in [0.2, 0.25) is 0 Å². The third kappa shape index (κ3) is 5.12. The van der Waals surface area contributed by atoms with Gasteiger partial charge in [-0.05, 0) is 55.6 Å². The summed E-state index contributed by atoms with van der Waals surface area (Å²) >= 11 is 1.46. The molecule has 0 atom stereocenters. The van der Waals surface area contributed by atoms with E-state index >= 15 is 0 Å². The summed E-state index contributed by atoms with van der Waals surface area (Å²) in [5.41, 5.74) is 11.1. The molecule has 1 fully saturated rings. The van der Waals surface area contributed by atoms with Gasteiger partial charge in [-0.25, -0.2) is 9.97 Å². The summed E-state index contributed by atoms with van der Waals surface area (Å²) in [6.45, 7) is 3.14. The number of thiazole rings is 1. The Labute approximate surface area is 235 Å². The van der Waals surface area contributed by atoms with Gasteiger partial charge in [0.2, 0.25) is 0 Å². The number of nitrogen functional groups attached to an aromatic ring is 1. The van der Waals surface area contributed by atoms with Gasteiger partial charge in [0.15, 0.2) is 5.13 Å². The van der Waals surface area contributed by atoms with Crippen LogP contribution in [0, 0.1) is 0 Å². The van der Waals surface area contributed by atoms with Crippen LogP contribution in [0.15, 0.2) is 78.4 Å². The average molecular weight is 553 g/mol. The fourth-order valence-corrected chi connectivity index (χ4v) is 5.35. The predicted octanol–water partition coefficient (Wildman–Crippen LogP) is 4.42. The molecule has 1 aliphatic rings. The zero-order valence-electron chi connectivity index (χ0n) is 21.9. The first kappa shape index (κ1) is 25.5. The number of carbonyl (C=O) groups excluding carboxylic acids is 2. The maximum absolute atomic E-state index is 13.2. The van der Waals surface area contributed by atoms with Gasteiger partial charge in [-0.2, -0.15) is 0 Å². The summed E-state index contributed by atoms with van der Waals surface area (Å²) in [4.78, 5) is 39.3. The highest BCUT2D eigenvalue weighted by molar-refractivity contribution is 7.14. The molecule has 2 aromatic carbocycles. The molecule has 10 nitrogen and oxygen atoms in total. The average Bonchev–Trinajstić information content (AvgIpc) is 3.61. The van der Waals surface area contributed by atoms with Crippen LogP contribution >= 0.6 is 11.3 Å². The molecule has 202 valence electrons. The van der Waals surface area contributed by atoms with E-state index in [1.54, 1.807) is 30.5 Å². The van der Waals surface area contributed by atoms with Crippen molar-refractivity contribution >= 4 is 51.0 Å². The number of imidazole rings is 1. The summed E-state index contributed by atoms with van der Waals surface area (Å²) in [5, 5.41) is 8.78. The van der Waals surface area contributed by atoms with E-state index in [2.05, 4.69) is 27.6 Å². The lowest BCUT2D eigenvalue weighted by Crippen LogP contribution is -2.47. The predicted molar refractivity (Wildman–Crippen MR) is 158 cm³/mol. The number of hydrogen-bond donors (Lipinski definition) is 3. The Bertz CT molecular complexity index is 1690. The van der Waals surface area contributed by atoms with Crippen molar-refractivity contribution < 1.29 is 9.59 Å². The molecule has 0 spiro atoms. The molecule has 0 aliphatic carbocycles. The number of rotatable bonds is 6. The minimum absolute atomic E-state index is 0.000786. The van der Waals surface area contributed by atoms with Crippen molar-refractivity contribution in [2.24, 2.45) is 0 Å². The highest BCUT2D eigenvalue weighted by Crippen LogP contribution is 2.29. The van der Waals surface area contributed by atoms with Gasteiger partial charge < -0.3 is 26.2 Å². The number of amides is 2. The molecule has 4 heterocycles. The third-order valence-electron chi connectivity index (χ3n) is 6.93. The molecule has 0 radical (unpaired) electrons. The van der Waals surface area contributed by atoms with Gasteiger partial charge >= 0.3 is 0 Å². The SMILES string of the molecule is CN1CCN(C(=O)c2cccn3c(-c4csc(Nc5ccc(C(=O)Nc6ccccc6N)cc5)n4)cnc23)CC1.